The summed E-state index contributed by atoms with van der Waals surface area (Å²) in [5.41, 5.74) is 4.93. The van der Waals surface area contributed by atoms with E-state index in [-0.39, 0.29) is 5.92 Å². The standard InChI is InChI=1S/C18H16O/c1-2-16(14-8-4-3-5-9-14)18-13-19-12-15-10-6-7-11-17(15)18/h2-11,13,16H,1,12H2. The summed E-state index contributed by atoms with van der Waals surface area (Å²) >= 11 is 0. The minimum Gasteiger partial charge on any atom is -0.496 e. The van der Waals surface area contributed by atoms with E-state index in [0.717, 1.165) is 0 Å². The fourth-order valence-electron chi connectivity index (χ4n) is 2.56. The predicted octanol–water partition coefficient (Wildman–Crippen LogP) is 4.53. The Morgan fingerprint density at radius 3 is 2.53 bits per heavy atom. The van der Waals surface area contributed by atoms with Crippen LogP contribution in [0.25, 0.3) is 5.57 Å². The number of fused-ring (bicyclic) bond motifs is 1. The summed E-state index contributed by atoms with van der Waals surface area (Å²) in [6.45, 7) is 4.64. The molecular formula is C18H16O. The lowest BCUT2D eigenvalue weighted by Gasteiger charge is -2.23. The minimum atomic E-state index is 0.169. The van der Waals surface area contributed by atoms with Crippen LogP contribution in [0.2, 0.25) is 0 Å². The molecule has 1 atom stereocenters. The highest BCUT2D eigenvalue weighted by Gasteiger charge is 2.20. The molecule has 0 aliphatic carbocycles. The van der Waals surface area contributed by atoms with Crippen molar-refractivity contribution in [3.05, 3.63) is 90.2 Å². The first kappa shape index (κ1) is 11.8. The average Bonchev–Trinajstić information content (AvgIpc) is 2.49. The van der Waals surface area contributed by atoms with E-state index in [2.05, 4.69) is 55.1 Å². The van der Waals surface area contributed by atoms with Crippen molar-refractivity contribution >= 4 is 5.57 Å². The number of rotatable bonds is 3. The highest BCUT2D eigenvalue weighted by Crippen LogP contribution is 2.37. The Bertz CT molecular complexity index is 611. The van der Waals surface area contributed by atoms with Gasteiger partial charge in [0.2, 0.25) is 0 Å². The second-order valence-corrected chi connectivity index (χ2v) is 4.67. The molecule has 1 nitrogen and oxygen atoms in total. The van der Waals surface area contributed by atoms with Gasteiger partial charge in [0.25, 0.3) is 0 Å². The van der Waals surface area contributed by atoms with Crippen molar-refractivity contribution in [3.8, 4) is 0 Å². The largest absolute Gasteiger partial charge is 0.496 e. The lowest BCUT2D eigenvalue weighted by molar-refractivity contribution is 0.232. The van der Waals surface area contributed by atoms with Gasteiger partial charge in [-0.15, -0.1) is 6.58 Å². The first-order valence-electron chi connectivity index (χ1n) is 6.47. The van der Waals surface area contributed by atoms with Gasteiger partial charge in [-0.3, -0.25) is 0 Å². The molecule has 0 bridgehead atoms. The summed E-state index contributed by atoms with van der Waals surface area (Å²) in [4.78, 5) is 0. The lowest BCUT2D eigenvalue weighted by Crippen LogP contribution is -2.07. The zero-order chi connectivity index (χ0) is 13.1. The van der Waals surface area contributed by atoms with Crippen LogP contribution < -0.4 is 0 Å². The molecule has 0 amide bonds. The average molecular weight is 248 g/mol. The Balaban J connectivity index is 2.06. The molecule has 2 aromatic rings. The molecule has 0 radical (unpaired) electrons. The number of ether oxygens (including phenoxy) is 1. The van der Waals surface area contributed by atoms with E-state index in [4.69, 9.17) is 4.74 Å². The minimum absolute atomic E-state index is 0.169. The third kappa shape index (κ3) is 2.19. The van der Waals surface area contributed by atoms with Crippen molar-refractivity contribution in [3.63, 3.8) is 0 Å². The van der Waals surface area contributed by atoms with Gasteiger partial charge in [0, 0.05) is 11.5 Å². The van der Waals surface area contributed by atoms with Gasteiger partial charge < -0.3 is 4.74 Å². The second kappa shape index (κ2) is 5.15. The molecule has 0 spiro atoms. The van der Waals surface area contributed by atoms with Crippen LogP contribution in [0.5, 0.6) is 0 Å². The van der Waals surface area contributed by atoms with Crippen LogP contribution in [0.4, 0.5) is 0 Å². The Morgan fingerprint density at radius 1 is 1.00 bits per heavy atom. The molecule has 0 fully saturated rings. The van der Waals surface area contributed by atoms with E-state index in [9.17, 15) is 0 Å². The van der Waals surface area contributed by atoms with Gasteiger partial charge in [0.15, 0.2) is 0 Å². The summed E-state index contributed by atoms with van der Waals surface area (Å²) < 4.78 is 5.60. The fraction of sp³-hybridized carbons (Fsp3) is 0.111. The SMILES string of the molecule is C=CC(C1=COCc2ccccc21)c1ccccc1. The van der Waals surface area contributed by atoms with Gasteiger partial charge in [-0.25, -0.2) is 0 Å². The van der Waals surface area contributed by atoms with Crippen molar-refractivity contribution in [2.45, 2.75) is 12.5 Å². The molecule has 94 valence electrons. The molecule has 1 aliphatic heterocycles. The van der Waals surface area contributed by atoms with Crippen molar-refractivity contribution < 1.29 is 4.74 Å². The van der Waals surface area contributed by atoms with E-state index in [1.54, 1.807) is 0 Å². The van der Waals surface area contributed by atoms with Crippen molar-refractivity contribution in [1.82, 2.24) is 0 Å². The maximum atomic E-state index is 5.60. The van der Waals surface area contributed by atoms with Crippen LogP contribution >= 0.6 is 0 Å². The molecule has 1 unspecified atom stereocenters. The number of hydrogen-bond donors (Lipinski definition) is 0. The highest BCUT2D eigenvalue weighted by molar-refractivity contribution is 5.75. The van der Waals surface area contributed by atoms with Gasteiger partial charge in [0.05, 0.1) is 6.26 Å². The number of hydrogen-bond acceptors (Lipinski definition) is 1. The maximum absolute atomic E-state index is 5.60. The molecule has 0 aromatic heterocycles. The predicted molar refractivity (Wildman–Crippen MR) is 78.6 cm³/mol. The number of benzene rings is 2. The molecule has 0 saturated heterocycles. The molecule has 1 heteroatoms. The van der Waals surface area contributed by atoms with E-state index in [0.29, 0.717) is 6.61 Å². The third-order valence-corrected chi connectivity index (χ3v) is 3.51. The topological polar surface area (TPSA) is 9.23 Å². The van der Waals surface area contributed by atoms with Gasteiger partial charge in [0.1, 0.15) is 6.61 Å². The zero-order valence-corrected chi connectivity index (χ0v) is 10.8. The fourth-order valence-corrected chi connectivity index (χ4v) is 2.56. The molecule has 0 N–H and O–H groups in total. The van der Waals surface area contributed by atoms with Crippen LogP contribution in [-0.2, 0) is 11.3 Å². The van der Waals surface area contributed by atoms with E-state index in [1.165, 1.54) is 22.3 Å². The van der Waals surface area contributed by atoms with Crippen LogP contribution in [0.15, 0.2) is 73.5 Å². The van der Waals surface area contributed by atoms with Gasteiger partial charge in [-0.2, -0.15) is 0 Å². The summed E-state index contributed by atoms with van der Waals surface area (Å²) in [7, 11) is 0. The lowest BCUT2D eigenvalue weighted by atomic mass is 9.85. The molecule has 1 aliphatic rings. The molecule has 19 heavy (non-hydrogen) atoms. The smallest absolute Gasteiger partial charge is 0.113 e. The van der Waals surface area contributed by atoms with E-state index in [1.807, 2.05) is 18.4 Å². The van der Waals surface area contributed by atoms with Gasteiger partial charge in [-0.05, 0) is 16.7 Å². The molecule has 3 rings (SSSR count). The van der Waals surface area contributed by atoms with Crippen molar-refractivity contribution in [2.24, 2.45) is 0 Å². The van der Waals surface area contributed by atoms with E-state index < -0.39 is 0 Å². The Hall–Kier alpha value is -2.28. The van der Waals surface area contributed by atoms with Crippen LogP contribution in [0.3, 0.4) is 0 Å². The quantitative estimate of drug-likeness (QED) is 0.725. The first-order valence-corrected chi connectivity index (χ1v) is 6.47. The number of allylic oxidation sites excluding steroid dienone is 2. The first-order chi connectivity index (χ1) is 9.40. The second-order valence-electron chi connectivity index (χ2n) is 4.67. The van der Waals surface area contributed by atoms with Gasteiger partial charge >= 0.3 is 0 Å². The Morgan fingerprint density at radius 2 is 1.74 bits per heavy atom. The third-order valence-electron chi connectivity index (χ3n) is 3.51. The molecule has 2 aromatic carbocycles. The molecule has 1 heterocycles. The van der Waals surface area contributed by atoms with Gasteiger partial charge in [-0.1, -0.05) is 60.7 Å². The van der Waals surface area contributed by atoms with Crippen molar-refractivity contribution in [2.75, 3.05) is 0 Å². The Kier molecular flexibility index (Phi) is 3.20. The zero-order valence-electron chi connectivity index (χ0n) is 10.8. The van der Waals surface area contributed by atoms with Crippen LogP contribution in [0.1, 0.15) is 22.6 Å². The summed E-state index contributed by atoms with van der Waals surface area (Å²) in [5, 5.41) is 0. The maximum Gasteiger partial charge on any atom is 0.113 e. The van der Waals surface area contributed by atoms with E-state index >= 15 is 0 Å². The Labute approximate surface area is 113 Å². The molecular weight excluding hydrogens is 232 g/mol. The van der Waals surface area contributed by atoms with Crippen LogP contribution in [-0.4, -0.2) is 0 Å². The molecule has 0 saturated carbocycles. The monoisotopic (exact) mass is 248 g/mol. The highest BCUT2D eigenvalue weighted by atomic mass is 16.5. The summed E-state index contributed by atoms with van der Waals surface area (Å²) in [5.74, 6) is 0.169. The van der Waals surface area contributed by atoms with Crippen LogP contribution in [0, 0.1) is 0 Å². The van der Waals surface area contributed by atoms with Crippen molar-refractivity contribution in [1.29, 1.82) is 0 Å². The summed E-state index contributed by atoms with van der Waals surface area (Å²) in [6, 6.07) is 18.8. The summed E-state index contributed by atoms with van der Waals surface area (Å²) in [6.07, 6.45) is 3.86. The normalized spacial score (nSPS) is 14.8.